The molecule has 0 unspecified atom stereocenters. The number of carboxylic acid groups (broad SMARTS) is 1. The molecule has 8 atom stereocenters. The van der Waals surface area contributed by atoms with Crippen LogP contribution in [0.5, 0.6) is 11.5 Å². The zero-order chi connectivity index (χ0) is 63.9. The van der Waals surface area contributed by atoms with Crippen LogP contribution in [0.4, 0.5) is 0 Å². The highest BCUT2D eigenvalue weighted by Gasteiger charge is 2.34. The highest BCUT2D eigenvalue weighted by atomic mass is 16.4. The summed E-state index contributed by atoms with van der Waals surface area (Å²) in [6, 6.07) is 10.3. The van der Waals surface area contributed by atoms with Gasteiger partial charge in [0.15, 0.2) is 11.9 Å². The van der Waals surface area contributed by atoms with Crippen LogP contribution in [0.25, 0.3) is 0 Å². The Kier molecular flexibility index (Phi) is 30.9. The first-order valence-corrected chi connectivity index (χ1v) is 28.5. The maximum atomic E-state index is 14.6. The van der Waals surface area contributed by atoms with Crippen LogP contribution in [0.2, 0.25) is 0 Å². The van der Waals surface area contributed by atoms with Crippen LogP contribution >= 0.6 is 0 Å². The number of aromatic hydroxyl groups is 2. The van der Waals surface area contributed by atoms with E-state index in [4.69, 9.17) is 34.4 Å². The van der Waals surface area contributed by atoms with Gasteiger partial charge in [-0.05, 0) is 117 Å². The molecule has 0 aromatic heterocycles. The number of guanidine groups is 2. The van der Waals surface area contributed by atoms with Crippen LogP contribution in [-0.2, 0) is 62.4 Å². The lowest BCUT2D eigenvalue weighted by Crippen LogP contribution is -2.59. The first-order valence-electron chi connectivity index (χ1n) is 28.5. The zero-order valence-corrected chi connectivity index (χ0v) is 49.3. The van der Waals surface area contributed by atoms with E-state index < -0.39 is 114 Å². The Hall–Kier alpha value is -9.05. The van der Waals surface area contributed by atoms with E-state index in [-0.39, 0.29) is 107 Å². The molecule has 0 aliphatic carbocycles. The second-order valence-electron chi connectivity index (χ2n) is 21.6. The third-order valence-electron chi connectivity index (χ3n) is 13.4. The molecule has 86 heavy (non-hydrogen) atoms. The van der Waals surface area contributed by atoms with Crippen molar-refractivity contribution in [2.24, 2.45) is 56.2 Å². The number of phenolic OH excluding ortho intramolecular Hbond substituents is 2. The number of carboxylic acids is 1. The molecule has 0 fully saturated rings. The molecular weight excluding hydrogens is 1110 g/mol. The van der Waals surface area contributed by atoms with Crippen molar-refractivity contribution in [3.05, 3.63) is 95.6 Å². The molecule has 0 spiro atoms. The summed E-state index contributed by atoms with van der Waals surface area (Å²) in [5.74, 6) is -8.87. The minimum Gasteiger partial charge on any atom is -0.508 e. The van der Waals surface area contributed by atoms with E-state index >= 15 is 0 Å². The van der Waals surface area contributed by atoms with Gasteiger partial charge < -0.3 is 92.3 Å². The number of nitrogens with two attached hydrogens (primary N) is 6. The molecule has 3 aromatic rings. The maximum absolute atomic E-state index is 14.6. The van der Waals surface area contributed by atoms with Crippen LogP contribution in [0.1, 0.15) is 95.8 Å². The lowest BCUT2D eigenvalue weighted by molar-refractivity contribution is -0.143. The monoisotopic (exact) mass is 1200 g/mol. The van der Waals surface area contributed by atoms with Gasteiger partial charge >= 0.3 is 5.97 Å². The number of phenols is 2. The minimum atomic E-state index is -1.43. The molecule has 0 heterocycles. The minimum absolute atomic E-state index is 0.0160. The van der Waals surface area contributed by atoms with Gasteiger partial charge in [-0.25, -0.2) is 4.79 Å². The fraction of sp³-hybridized carbons (Fsp3) is 0.500. The van der Waals surface area contributed by atoms with Gasteiger partial charge in [-0.1, -0.05) is 82.3 Å². The lowest BCUT2D eigenvalue weighted by atomic mass is 9.99. The summed E-state index contributed by atoms with van der Waals surface area (Å²) in [7, 11) is 0. The molecular formula is C58H88N16O12. The lowest BCUT2D eigenvalue weighted by Gasteiger charge is -2.27. The Morgan fingerprint density at radius 2 is 0.884 bits per heavy atom. The number of hydrogen-bond acceptors (Lipinski definition) is 15. The molecule has 3 rings (SSSR count). The molecule has 28 heteroatoms. The van der Waals surface area contributed by atoms with Crippen molar-refractivity contribution in [1.29, 1.82) is 0 Å². The number of nitrogens with zero attached hydrogens (tertiary/aromatic N) is 2. The number of amides is 8. The summed E-state index contributed by atoms with van der Waals surface area (Å²) in [5.41, 5.74) is 35.8. The molecule has 0 aliphatic rings. The summed E-state index contributed by atoms with van der Waals surface area (Å²) in [6.07, 6.45) is 0.956. The van der Waals surface area contributed by atoms with Gasteiger partial charge in [-0.3, -0.25) is 48.3 Å². The van der Waals surface area contributed by atoms with Gasteiger partial charge in [-0.15, -0.1) is 0 Å². The summed E-state index contributed by atoms with van der Waals surface area (Å²) in [4.78, 5) is 132. The van der Waals surface area contributed by atoms with Crippen molar-refractivity contribution in [3.63, 3.8) is 0 Å². The van der Waals surface area contributed by atoms with E-state index in [0.717, 1.165) is 0 Å². The second kappa shape index (κ2) is 37.3. The summed E-state index contributed by atoms with van der Waals surface area (Å²) in [6.45, 7) is 6.45. The number of nitrogens with one attached hydrogen (secondary N) is 8. The average molecular weight is 1200 g/mol. The fourth-order valence-electron chi connectivity index (χ4n) is 8.80. The normalized spacial score (nSPS) is 13.8. The molecule has 0 bridgehead atoms. The third kappa shape index (κ3) is 27.1. The van der Waals surface area contributed by atoms with Crippen LogP contribution in [0, 0.1) is 11.8 Å². The van der Waals surface area contributed by atoms with Crippen LogP contribution in [-0.4, -0.2) is 155 Å². The Morgan fingerprint density at radius 3 is 1.35 bits per heavy atom. The molecule has 28 nitrogen and oxygen atoms in total. The Morgan fingerprint density at radius 1 is 0.477 bits per heavy atom. The van der Waals surface area contributed by atoms with E-state index in [0.29, 0.717) is 29.5 Å². The number of benzene rings is 3. The number of aliphatic imine (C=N–C) groups is 2. The average Bonchev–Trinajstić information content (AvgIpc) is 3.10. The summed E-state index contributed by atoms with van der Waals surface area (Å²) < 4.78 is 0. The molecule has 0 radical (unpaired) electrons. The number of rotatable bonds is 38. The van der Waals surface area contributed by atoms with Gasteiger partial charge in [0.25, 0.3) is 0 Å². The van der Waals surface area contributed by atoms with Crippen molar-refractivity contribution in [1.82, 2.24) is 42.5 Å². The van der Waals surface area contributed by atoms with Gasteiger partial charge in [0.05, 0.1) is 12.6 Å². The summed E-state index contributed by atoms with van der Waals surface area (Å²) >= 11 is 0. The molecule has 0 saturated heterocycles. The van der Waals surface area contributed by atoms with Crippen LogP contribution in [0.15, 0.2) is 88.8 Å². The number of hydrogen-bond donors (Lipinski definition) is 17. The zero-order valence-electron chi connectivity index (χ0n) is 49.3. The van der Waals surface area contributed by atoms with Crippen molar-refractivity contribution >= 4 is 65.1 Å². The number of unbranched alkanes of at least 4 members (excludes halogenated alkanes) is 1. The Balaban J connectivity index is 1.92. The smallest absolute Gasteiger partial charge is 0.326 e. The van der Waals surface area contributed by atoms with E-state index in [2.05, 4.69) is 52.5 Å². The van der Waals surface area contributed by atoms with E-state index in [9.17, 15) is 58.5 Å². The van der Waals surface area contributed by atoms with E-state index in [1.54, 1.807) is 56.3 Å². The van der Waals surface area contributed by atoms with Crippen molar-refractivity contribution in [2.75, 3.05) is 26.2 Å². The van der Waals surface area contributed by atoms with Gasteiger partial charge in [0, 0.05) is 25.9 Å². The summed E-state index contributed by atoms with van der Waals surface area (Å²) in [5, 5.41) is 50.6. The molecule has 8 amide bonds. The molecule has 23 N–H and O–H groups in total. The predicted octanol–water partition coefficient (Wildman–Crippen LogP) is -2.01. The Bertz CT molecular complexity index is 2740. The topological polar surface area (TPSA) is 491 Å². The standard InChI is InChI=1S/C58H88N16O12/c1-33(2)28-44(71-49(78)40(60)29-36-17-21-38(75)22-18-36)54(83)73-46(30-35-12-6-5-7-13-35)55(84)72-45(31-37-19-23-39(76)24-20-37)50(79)67-32-47(77)68-41(15-10-26-65-57(61)62)51(80)70-43(16-11-27-66-58(63)64)52(81)69-42(14-8-9-25-59)53(82)74-48(34(3)4)56(85)86/h5-7,12-13,17-24,33-34,40-46,48,75-76H,8-11,14-16,25-32,59-60H2,1-4H3,(H,67,79)(H,68,77)(H,69,81)(H,70,80)(H,71,78)(H,72,84)(H,73,83)(H,74,82)(H,85,86)(H4,61,62,65)(H4,63,64,66)/t40-,41-,42-,43-,44-,45-,46-,48-/m0/s1. The quantitative estimate of drug-likeness (QED) is 0.0167. The molecule has 0 aliphatic heterocycles. The number of carbonyl (C=O) groups excluding carboxylic acids is 8. The number of aliphatic carboxylic acids is 1. The Labute approximate surface area is 500 Å². The SMILES string of the molecule is CC(C)C[C@H](NC(=O)[C@@H](N)Cc1ccc(O)cc1)C(=O)N[C@@H](Cc1ccccc1)C(=O)N[C@@H](Cc1ccc(O)cc1)C(=O)NCC(=O)N[C@@H](CCCN=C(N)N)C(=O)N[C@@H](CCCN=C(N)N)C(=O)N[C@@H](CCCCN)C(=O)N[C@H](C(=O)O)C(C)C. The van der Waals surface area contributed by atoms with Crippen molar-refractivity contribution in [2.45, 2.75) is 147 Å². The number of carbonyl (C=O) groups is 9. The molecule has 0 saturated carbocycles. The second-order valence-corrected chi connectivity index (χ2v) is 21.6. The highest BCUT2D eigenvalue weighted by Crippen LogP contribution is 2.16. The maximum Gasteiger partial charge on any atom is 0.326 e. The van der Waals surface area contributed by atoms with Gasteiger partial charge in [0.1, 0.15) is 53.8 Å². The molecule has 3 aromatic carbocycles. The van der Waals surface area contributed by atoms with E-state index in [1.165, 1.54) is 36.4 Å². The fourth-order valence-corrected chi connectivity index (χ4v) is 8.80. The molecule has 472 valence electrons. The van der Waals surface area contributed by atoms with Crippen molar-refractivity contribution in [3.8, 4) is 11.5 Å². The van der Waals surface area contributed by atoms with E-state index in [1.807, 2.05) is 13.8 Å². The highest BCUT2D eigenvalue weighted by molar-refractivity contribution is 5.97. The first-order chi connectivity index (χ1) is 40.8. The van der Waals surface area contributed by atoms with Gasteiger partial charge in [-0.2, -0.15) is 0 Å². The third-order valence-corrected chi connectivity index (χ3v) is 13.4. The van der Waals surface area contributed by atoms with Gasteiger partial charge in [0.2, 0.25) is 47.3 Å². The predicted molar refractivity (Wildman–Crippen MR) is 323 cm³/mol. The largest absolute Gasteiger partial charge is 0.508 e. The van der Waals surface area contributed by atoms with Crippen LogP contribution in [0.3, 0.4) is 0 Å². The first kappa shape index (κ1) is 71.2. The van der Waals surface area contributed by atoms with Crippen LogP contribution < -0.4 is 76.9 Å². The van der Waals surface area contributed by atoms with Crippen molar-refractivity contribution < 1.29 is 58.5 Å².